The molecule has 0 aliphatic carbocycles. The summed E-state index contributed by atoms with van der Waals surface area (Å²) in [6, 6.07) is 13.1. The first-order chi connectivity index (χ1) is 16.9. The topological polar surface area (TPSA) is 101 Å². The van der Waals surface area contributed by atoms with Crippen molar-refractivity contribution >= 4 is 26.8 Å². The number of aromatic amines is 1. The van der Waals surface area contributed by atoms with Crippen molar-refractivity contribution in [3.63, 3.8) is 0 Å². The van der Waals surface area contributed by atoms with E-state index in [4.69, 9.17) is 0 Å². The lowest BCUT2D eigenvalue weighted by atomic mass is 10.0. The first-order valence-corrected chi connectivity index (χ1v) is 12.6. The minimum absolute atomic E-state index is 0.00541. The number of rotatable bonds is 6. The van der Waals surface area contributed by atoms with Crippen molar-refractivity contribution in [1.29, 1.82) is 0 Å². The number of carbonyl (C=O) groups excluding carboxylic acids is 1. The minimum atomic E-state index is -4.68. The number of nitrogens with one attached hydrogen (secondary N) is 2. The highest BCUT2D eigenvalue weighted by atomic mass is 32.2. The third-order valence-corrected chi connectivity index (χ3v) is 7.17. The smallest absolute Gasteiger partial charge is 0.331 e. The number of hydrogen-bond acceptors (Lipinski definition) is 4. The van der Waals surface area contributed by atoms with Gasteiger partial charge in [0.15, 0.2) is 0 Å². The number of benzene rings is 2. The van der Waals surface area contributed by atoms with Gasteiger partial charge >= 0.3 is 6.18 Å². The van der Waals surface area contributed by atoms with E-state index in [-0.39, 0.29) is 34.3 Å². The molecule has 188 valence electrons. The van der Waals surface area contributed by atoms with Gasteiger partial charge in [-0.25, -0.2) is 13.1 Å². The molecule has 0 radical (unpaired) electrons. The van der Waals surface area contributed by atoms with Crippen LogP contribution in [0.4, 0.5) is 13.2 Å². The Kier molecular flexibility index (Phi) is 6.52. The van der Waals surface area contributed by atoms with E-state index in [1.54, 1.807) is 12.1 Å². The Morgan fingerprint density at radius 2 is 1.81 bits per heavy atom. The molecule has 0 bridgehead atoms. The lowest BCUT2D eigenvalue weighted by Crippen LogP contribution is -2.33. The normalized spacial score (nSPS) is 12.1. The lowest BCUT2D eigenvalue weighted by molar-refractivity contribution is -0.137. The van der Waals surface area contributed by atoms with Crippen LogP contribution in [0.3, 0.4) is 0 Å². The standard InChI is InChI=1S/C25H22F3N3O4S/c1-3-36(34,35)30-24(33)22-21(18-9-6-12-29-23(18)32)19-13-17(25(26,27)28)10-11-20(19)31(22)14-16-8-5-4-7-15(16)2/h4-13H,3,14H2,1-2H3,(H,29,32)(H,30,33). The van der Waals surface area contributed by atoms with Crippen LogP contribution in [0.15, 0.2) is 65.6 Å². The number of amides is 1. The average Bonchev–Trinajstić information content (AvgIpc) is 3.13. The summed E-state index contributed by atoms with van der Waals surface area (Å²) in [5.74, 6) is -1.44. The molecular formula is C25H22F3N3O4S. The number of fused-ring (bicyclic) bond motifs is 1. The third kappa shape index (κ3) is 4.78. The molecule has 0 aliphatic rings. The highest BCUT2D eigenvalue weighted by Gasteiger charge is 2.33. The zero-order valence-corrected chi connectivity index (χ0v) is 20.1. The molecule has 0 spiro atoms. The SMILES string of the molecule is CCS(=O)(=O)NC(=O)c1c(-c2ccc[nH]c2=O)c2cc(C(F)(F)F)ccc2n1Cc1ccccc1C. The van der Waals surface area contributed by atoms with Crippen molar-refractivity contribution in [2.45, 2.75) is 26.6 Å². The second kappa shape index (κ2) is 9.30. The van der Waals surface area contributed by atoms with E-state index in [2.05, 4.69) is 4.98 Å². The molecule has 0 unspecified atom stereocenters. The Morgan fingerprint density at radius 1 is 1.08 bits per heavy atom. The minimum Gasteiger partial charge on any atom is -0.331 e. The maximum absolute atomic E-state index is 13.6. The van der Waals surface area contributed by atoms with Gasteiger partial charge in [0.25, 0.3) is 11.5 Å². The predicted octanol–water partition coefficient (Wildman–Crippen LogP) is 4.45. The van der Waals surface area contributed by atoms with Crippen LogP contribution in [0.5, 0.6) is 0 Å². The fourth-order valence-corrected chi connectivity index (χ4v) is 4.57. The van der Waals surface area contributed by atoms with E-state index >= 15 is 0 Å². The summed E-state index contributed by atoms with van der Waals surface area (Å²) in [5, 5.41) is -0.00541. The predicted molar refractivity (Wildman–Crippen MR) is 130 cm³/mol. The molecular weight excluding hydrogens is 495 g/mol. The Labute approximate surface area is 204 Å². The fourth-order valence-electron chi connectivity index (χ4n) is 4.04. The summed E-state index contributed by atoms with van der Waals surface area (Å²) >= 11 is 0. The molecule has 1 amide bonds. The van der Waals surface area contributed by atoms with Crippen LogP contribution in [0.2, 0.25) is 0 Å². The highest BCUT2D eigenvalue weighted by molar-refractivity contribution is 7.90. The zero-order chi connectivity index (χ0) is 26.3. The summed E-state index contributed by atoms with van der Waals surface area (Å²) in [7, 11) is -4.02. The van der Waals surface area contributed by atoms with Gasteiger partial charge in [-0.15, -0.1) is 0 Å². The van der Waals surface area contributed by atoms with Gasteiger partial charge in [0, 0.05) is 34.8 Å². The first kappa shape index (κ1) is 25.2. The molecule has 4 rings (SSSR count). The second-order valence-corrected chi connectivity index (χ2v) is 10.2. The van der Waals surface area contributed by atoms with Crippen molar-refractivity contribution in [2.75, 3.05) is 5.75 Å². The van der Waals surface area contributed by atoms with E-state index in [1.807, 2.05) is 23.8 Å². The van der Waals surface area contributed by atoms with Crippen LogP contribution in [-0.2, 0) is 22.7 Å². The van der Waals surface area contributed by atoms with Crippen LogP contribution >= 0.6 is 0 Å². The lowest BCUT2D eigenvalue weighted by Gasteiger charge is -2.14. The molecule has 2 aromatic carbocycles. The molecule has 2 heterocycles. The Morgan fingerprint density at radius 3 is 2.44 bits per heavy atom. The quantitative estimate of drug-likeness (QED) is 0.395. The van der Waals surface area contributed by atoms with Crippen LogP contribution in [0.25, 0.3) is 22.0 Å². The van der Waals surface area contributed by atoms with Crippen LogP contribution in [0.1, 0.15) is 34.1 Å². The highest BCUT2D eigenvalue weighted by Crippen LogP contribution is 2.38. The van der Waals surface area contributed by atoms with Gasteiger partial charge in [0.2, 0.25) is 10.0 Å². The van der Waals surface area contributed by atoms with Gasteiger partial charge in [-0.2, -0.15) is 13.2 Å². The number of H-pyrrole nitrogens is 1. The van der Waals surface area contributed by atoms with Gasteiger partial charge in [-0.1, -0.05) is 24.3 Å². The summed E-state index contributed by atoms with van der Waals surface area (Å²) in [4.78, 5) is 28.6. The van der Waals surface area contributed by atoms with Crippen molar-refractivity contribution in [3.8, 4) is 11.1 Å². The molecule has 2 aromatic heterocycles. The van der Waals surface area contributed by atoms with E-state index in [1.165, 1.54) is 35.9 Å². The average molecular weight is 518 g/mol. The monoisotopic (exact) mass is 517 g/mol. The van der Waals surface area contributed by atoms with Crippen molar-refractivity contribution in [3.05, 3.63) is 93.5 Å². The molecule has 0 aliphatic heterocycles. The van der Waals surface area contributed by atoms with E-state index < -0.39 is 39.0 Å². The van der Waals surface area contributed by atoms with Crippen LogP contribution < -0.4 is 10.3 Å². The number of pyridine rings is 1. The number of sulfonamides is 1. The molecule has 0 saturated heterocycles. The van der Waals surface area contributed by atoms with Gasteiger partial charge < -0.3 is 9.55 Å². The molecule has 7 nitrogen and oxygen atoms in total. The summed E-state index contributed by atoms with van der Waals surface area (Å²) in [5.41, 5.74) is -0.139. The number of alkyl halides is 3. The number of nitrogens with zero attached hydrogens (tertiary/aromatic N) is 1. The van der Waals surface area contributed by atoms with E-state index in [0.717, 1.165) is 23.3 Å². The molecule has 4 aromatic rings. The van der Waals surface area contributed by atoms with Crippen molar-refractivity contribution in [1.82, 2.24) is 14.3 Å². The Hall–Kier alpha value is -3.86. The summed E-state index contributed by atoms with van der Waals surface area (Å²) < 4.78 is 68.8. The third-order valence-electron chi connectivity index (χ3n) is 5.91. The number of halogens is 3. The summed E-state index contributed by atoms with van der Waals surface area (Å²) in [6.45, 7) is 3.23. The maximum Gasteiger partial charge on any atom is 0.416 e. The molecule has 2 N–H and O–H groups in total. The number of aromatic nitrogens is 2. The van der Waals surface area contributed by atoms with Crippen LogP contribution in [-0.4, -0.2) is 29.6 Å². The fraction of sp³-hybridized carbons (Fsp3) is 0.200. The zero-order valence-electron chi connectivity index (χ0n) is 19.3. The van der Waals surface area contributed by atoms with E-state index in [9.17, 15) is 31.2 Å². The summed E-state index contributed by atoms with van der Waals surface area (Å²) in [6.07, 6.45) is -3.33. The molecule has 36 heavy (non-hydrogen) atoms. The van der Waals surface area contributed by atoms with Gasteiger partial charge in [0.05, 0.1) is 11.3 Å². The maximum atomic E-state index is 13.6. The van der Waals surface area contributed by atoms with E-state index in [0.29, 0.717) is 0 Å². The largest absolute Gasteiger partial charge is 0.416 e. The van der Waals surface area contributed by atoms with Gasteiger partial charge in [0.1, 0.15) is 5.69 Å². The first-order valence-electron chi connectivity index (χ1n) is 10.9. The second-order valence-electron chi connectivity index (χ2n) is 8.21. The Bertz CT molecular complexity index is 1640. The number of carbonyl (C=O) groups is 1. The Balaban J connectivity index is 2.13. The molecule has 0 atom stereocenters. The molecule has 0 saturated carbocycles. The van der Waals surface area contributed by atoms with Crippen LogP contribution in [0, 0.1) is 6.92 Å². The van der Waals surface area contributed by atoms with Crippen molar-refractivity contribution < 1.29 is 26.4 Å². The number of hydrogen-bond donors (Lipinski definition) is 2. The molecule has 11 heteroatoms. The van der Waals surface area contributed by atoms with Crippen molar-refractivity contribution in [2.24, 2.45) is 0 Å². The number of aryl methyl sites for hydroxylation is 1. The molecule has 0 fully saturated rings. The van der Waals surface area contributed by atoms with Gasteiger partial charge in [-0.3, -0.25) is 9.59 Å². The van der Waals surface area contributed by atoms with Gasteiger partial charge in [-0.05, 0) is 55.3 Å².